The first-order valence-corrected chi connectivity index (χ1v) is 6.60. The molecular weight excluding hydrogens is 270 g/mol. The van der Waals surface area contributed by atoms with Crippen molar-refractivity contribution in [1.82, 2.24) is 15.5 Å². The second-order valence-corrected chi connectivity index (χ2v) is 4.22. The third kappa shape index (κ3) is 4.17. The van der Waals surface area contributed by atoms with Gasteiger partial charge in [-0.2, -0.15) is 0 Å². The minimum Gasteiger partial charge on any atom is -0.497 e. The highest BCUT2D eigenvalue weighted by molar-refractivity contribution is 5.92. The number of benzene rings is 1. The van der Waals surface area contributed by atoms with Gasteiger partial charge in [-0.05, 0) is 30.7 Å². The standard InChI is InChI=1S/C15H17N3O3/c1-3-21-14-8-7-13(17-18-14)15(19)16-10-11-5-4-6-12(9-11)20-2/h4-9H,3,10H2,1-2H3,(H,16,19). The number of aromatic nitrogens is 2. The summed E-state index contributed by atoms with van der Waals surface area (Å²) in [6, 6.07) is 10.7. The van der Waals surface area contributed by atoms with Gasteiger partial charge in [0, 0.05) is 12.6 Å². The van der Waals surface area contributed by atoms with Crippen LogP contribution in [-0.2, 0) is 6.54 Å². The van der Waals surface area contributed by atoms with Crippen LogP contribution in [0.25, 0.3) is 0 Å². The molecule has 0 unspecified atom stereocenters. The van der Waals surface area contributed by atoms with Crippen LogP contribution in [0.3, 0.4) is 0 Å². The predicted molar refractivity (Wildman–Crippen MR) is 77.4 cm³/mol. The Morgan fingerprint density at radius 2 is 2.10 bits per heavy atom. The van der Waals surface area contributed by atoms with Gasteiger partial charge in [0.1, 0.15) is 5.75 Å². The number of carbonyl (C=O) groups is 1. The van der Waals surface area contributed by atoms with Crippen molar-refractivity contribution in [3.63, 3.8) is 0 Å². The van der Waals surface area contributed by atoms with Gasteiger partial charge in [0.05, 0.1) is 13.7 Å². The Morgan fingerprint density at radius 3 is 2.76 bits per heavy atom. The van der Waals surface area contributed by atoms with Gasteiger partial charge in [0.2, 0.25) is 5.88 Å². The lowest BCUT2D eigenvalue weighted by Crippen LogP contribution is -2.24. The van der Waals surface area contributed by atoms with Crippen LogP contribution in [0, 0.1) is 0 Å². The minimum atomic E-state index is -0.284. The smallest absolute Gasteiger partial charge is 0.272 e. The van der Waals surface area contributed by atoms with Crippen LogP contribution in [0.15, 0.2) is 36.4 Å². The summed E-state index contributed by atoms with van der Waals surface area (Å²) in [6.45, 7) is 2.76. The summed E-state index contributed by atoms with van der Waals surface area (Å²) < 4.78 is 10.3. The number of rotatable bonds is 6. The summed E-state index contributed by atoms with van der Waals surface area (Å²) >= 11 is 0. The zero-order chi connectivity index (χ0) is 15.1. The van der Waals surface area contributed by atoms with Gasteiger partial charge in [-0.15, -0.1) is 10.2 Å². The first kappa shape index (κ1) is 14.8. The van der Waals surface area contributed by atoms with Crippen molar-refractivity contribution in [1.29, 1.82) is 0 Å². The molecule has 0 radical (unpaired) electrons. The molecule has 0 aliphatic carbocycles. The van der Waals surface area contributed by atoms with Crippen LogP contribution >= 0.6 is 0 Å². The van der Waals surface area contributed by atoms with E-state index in [2.05, 4.69) is 15.5 Å². The molecule has 2 rings (SSSR count). The second kappa shape index (κ2) is 7.23. The Bertz CT molecular complexity index is 599. The number of hydrogen-bond acceptors (Lipinski definition) is 5. The number of amides is 1. The maximum Gasteiger partial charge on any atom is 0.272 e. The fourth-order valence-corrected chi connectivity index (χ4v) is 1.72. The first-order chi connectivity index (χ1) is 10.2. The number of ether oxygens (including phenoxy) is 2. The predicted octanol–water partition coefficient (Wildman–Crippen LogP) is 1.81. The number of carbonyl (C=O) groups excluding carboxylic acids is 1. The van der Waals surface area contributed by atoms with Gasteiger partial charge in [-0.3, -0.25) is 4.79 Å². The summed E-state index contributed by atoms with van der Waals surface area (Å²) in [7, 11) is 1.60. The molecule has 21 heavy (non-hydrogen) atoms. The molecule has 0 bridgehead atoms. The molecule has 1 N–H and O–H groups in total. The number of methoxy groups -OCH3 is 1. The molecule has 0 spiro atoms. The average Bonchev–Trinajstić information content (AvgIpc) is 2.54. The van der Waals surface area contributed by atoms with Gasteiger partial charge in [0.25, 0.3) is 5.91 Å². The molecule has 6 nitrogen and oxygen atoms in total. The van der Waals surface area contributed by atoms with E-state index in [1.54, 1.807) is 19.2 Å². The van der Waals surface area contributed by atoms with E-state index in [0.29, 0.717) is 19.0 Å². The van der Waals surface area contributed by atoms with Crippen LogP contribution in [0.5, 0.6) is 11.6 Å². The van der Waals surface area contributed by atoms with Crippen molar-refractivity contribution in [2.45, 2.75) is 13.5 Å². The molecule has 2 aromatic rings. The molecule has 0 saturated carbocycles. The topological polar surface area (TPSA) is 73.3 Å². The Kier molecular flexibility index (Phi) is 5.09. The molecule has 0 atom stereocenters. The van der Waals surface area contributed by atoms with E-state index in [1.165, 1.54) is 0 Å². The second-order valence-electron chi connectivity index (χ2n) is 4.22. The Morgan fingerprint density at radius 1 is 1.24 bits per heavy atom. The van der Waals surface area contributed by atoms with Crippen molar-refractivity contribution in [3.05, 3.63) is 47.7 Å². The molecule has 1 aromatic carbocycles. The van der Waals surface area contributed by atoms with Crippen molar-refractivity contribution in [2.24, 2.45) is 0 Å². The lowest BCUT2D eigenvalue weighted by molar-refractivity contribution is 0.0944. The molecule has 0 aliphatic heterocycles. The van der Waals surface area contributed by atoms with Crippen LogP contribution in [-0.4, -0.2) is 29.8 Å². The Hall–Kier alpha value is -2.63. The van der Waals surface area contributed by atoms with Gasteiger partial charge >= 0.3 is 0 Å². The normalized spacial score (nSPS) is 10.0. The van der Waals surface area contributed by atoms with Gasteiger partial charge < -0.3 is 14.8 Å². The molecule has 0 aliphatic rings. The zero-order valence-corrected chi connectivity index (χ0v) is 12.0. The van der Waals surface area contributed by atoms with Crippen molar-refractivity contribution in [3.8, 4) is 11.6 Å². The van der Waals surface area contributed by atoms with Crippen LogP contribution in [0.2, 0.25) is 0 Å². The third-order valence-corrected chi connectivity index (χ3v) is 2.75. The molecule has 0 fully saturated rings. The maximum absolute atomic E-state index is 12.0. The van der Waals surface area contributed by atoms with Gasteiger partial charge in [0.15, 0.2) is 5.69 Å². The average molecular weight is 287 g/mol. The highest BCUT2D eigenvalue weighted by Crippen LogP contribution is 2.12. The van der Waals surface area contributed by atoms with Gasteiger partial charge in [-0.1, -0.05) is 12.1 Å². The fourth-order valence-electron chi connectivity index (χ4n) is 1.72. The lowest BCUT2D eigenvalue weighted by Gasteiger charge is -2.06. The number of hydrogen-bond donors (Lipinski definition) is 1. The highest BCUT2D eigenvalue weighted by Gasteiger charge is 2.08. The van der Waals surface area contributed by atoms with Crippen LogP contribution in [0.1, 0.15) is 23.0 Å². The molecule has 1 aromatic heterocycles. The lowest BCUT2D eigenvalue weighted by atomic mass is 10.2. The van der Waals surface area contributed by atoms with E-state index in [0.717, 1.165) is 11.3 Å². The SMILES string of the molecule is CCOc1ccc(C(=O)NCc2cccc(OC)c2)nn1. The summed E-state index contributed by atoms with van der Waals surface area (Å²) in [5.74, 6) is 0.873. The molecule has 0 saturated heterocycles. The zero-order valence-electron chi connectivity index (χ0n) is 12.0. The number of nitrogens with zero attached hydrogens (tertiary/aromatic N) is 2. The Balaban J connectivity index is 1.94. The summed E-state index contributed by atoms with van der Waals surface area (Å²) in [5, 5.41) is 10.4. The third-order valence-electron chi connectivity index (χ3n) is 2.75. The molecular formula is C15H17N3O3. The van der Waals surface area contributed by atoms with E-state index in [4.69, 9.17) is 9.47 Å². The number of nitrogens with one attached hydrogen (secondary N) is 1. The summed E-state index contributed by atoms with van der Waals surface area (Å²) in [6.07, 6.45) is 0. The molecule has 1 amide bonds. The summed E-state index contributed by atoms with van der Waals surface area (Å²) in [4.78, 5) is 12.0. The Labute approximate surface area is 123 Å². The highest BCUT2D eigenvalue weighted by atomic mass is 16.5. The molecule has 1 heterocycles. The van der Waals surface area contributed by atoms with Crippen molar-refractivity contribution in [2.75, 3.05) is 13.7 Å². The minimum absolute atomic E-state index is 0.251. The quantitative estimate of drug-likeness (QED) is 0.877. The fraction of sp³-hybridized carbons (Fsp3) is 0.267. The van der Waals surface area contributed by atoms with E-state index in [1.807, 2.05) is 31.2 Å². The first-order valence-electron chi connectivity index (χ1n) is 6.60. The van der Waals surface area contributed by atoms with E-state index in [-0.39, 0.29) is 11.6 Å². The van der Waals surface area contributed by atoms with Crippen molar-refractivity contribution < 1.29 is 14.3 Å². The maximum atomic E-state index is 12.0. The summed E-state index contributed by atoms with van der Waals surface area (Å²) in [5.41, 5.74) is 1.20. The molecule has 6 heteroatoms. The van der Waals surface area contributed by atoms with Gasteiger partial charge in [-0.25, -0.2) is 0 Å². The largest absolute Gasteiger partial charge is 0.497 e. The van der Waals surface area contributed by atoms with Crippen molar-refractivity contribution >= 4 is 5.91 Å². The molecule has 110 valence electrons. The van der Waals surface area contributed by atoms with Crippen LogP contribution < -0.4 is 14.8 Å². The monoisotopic (exact) mass is 287 g/mol. The van der Waals surface area contributed by atoms with Crippen LogP contribution in [0.4, 0.5) is 0 Å². The van der Waals surface area contributed by atoms with E-state index >= 15 is 0 Å². The van der Waals surface area contributed by atoms with E-state index in [9.17, 15) is 4.79 Å². The van der Waals surface area contributed by atoms with E-state index < -0.39 is 0 Å².